The quantitative estimate of drug-likeness (QED) is 0.0944. The Bertz CT molecular complexity index is 1490. The highest BCUT2D eigenvalue weighted by molar-refractivity contribution is 7.80. The fourth-order valence-corrected chi connectivity index (χ4v) is 4.46. The zero-order valence-electron chi connectivity index (χ0n) is 24.3. The number of ether oxygens (including phenoxy) is 2. The van der Waals surface area contributed by atoms with Crippen LogP contribution in [-0.4, -0.2) is 48.7 Å². The molecule has 1 aliphatic heterocycles. The van der Waals surface area contributed by atoms with Gasteiger partial charge in [-0.3, -0.25) is 5.43 Å². The van der Waals surface area contributed by atoms with Gasteiger partial charge in [-0.1, -0.05) is 56.3 Å². The van der Waals surface area contributed by atoms with Crippen LogP contribution in [-0.2, 0) is 4.74 Å². The second-order valence-electron chi connectivity index (χ2n) is 10.2. The lowest BCUT2D eigenvalue weighted by Gasteiger charge is -2.14. The van der Waals surface area contributed by atoms with Gasteiger partial charge in [-0.05, 0) is 72.4 Å². The van der Waals surface area contributed by atoms with Crippen LogP contribution in [0.25, 0.3) is 0 Å². The molecule has 1 heterocycles. The fraction of sp³-hybridized carbons (Fsp3) is 0.290. The number of nitrogens with zero attached hydrogens (tertiary/aromatic N) is 3. The monoisotopic (exact) mass is 625 g/mol. The molecule has 0 radical (unpaired) electrons. The van der Waals surface area contributed by atoms with Crippen molar-refractivity contribution in [2.45, 2.75) is 45.1 Å². The first-order valence-electron chi connectivity index (χ1n) is 14.0. The number of rotatable bonds is 9. The summed E-state index contributed by atoms with van der Waals surface area (Å²) in [5.74, 6) is 0.387. The first-order valence-corrected chi connectivity index (χ1v) is 14.4. The highest BCUT2D eigenvalue weighted by Gasteiger charge is 2.31. The molecule has 3 aromatic rings. The Balaban J connectivity index is 1.40. The number of alkyl halides is 3. The molecular formula is C31H34F3N7O2S. The van der Waals surface area contributed by atoms with Crippen molar-refractivity contribution in [1.29, 1.82) is 0 Å². The third kappa shape index (κ3) is 10.3. The van der Waals surface area contributed by atoms with Crippen molar-refractivity contribution in [3.8, 4) is 5.75 Å². The average molecular weight is 626 g/mol. The maximum absolute atomic E-state index is 12.5. The SMILES string of the molecule is CC(C)c1ccccc1NC(=S)N/N=C/c1ccc(C(N)=NC(=NCC2CCCO2)Nc2ccc(OC(F)(F)F)cc2)cc1. The van der Waals surface area contributed by atoms with E-state index in [-0.39, 0.29) is 23.6 Å². The largest absolute Gasteiger partial charge is 0.573 e. The number of thiocarbonyl (C=S) groups is 1. The standard InChI is InChI=1S/C31H34F3N7O2S/c1-20(2)26-7-3-4-8-27(26)39-30(44)41-37-18-21-9-11-22(12-10-21)28(35)40-29(36-19-25-6-5-17-42-25)38-23-13-15-24(16-14-23)43-31(32,33)34/h3-4,7-16,18,20,25H,5-6,17,19H2,1-2H3,(H2,39,41,44)(H3,35,36,38,40)/b37-18+. The minimum Gasteiger partial charge on any atom is -0.406 e. The molecule has 13 heteroatoms. The summed E-state index contributed by atoms with van der Waals surface area (Å²) in [6, 6.07) is 20.4. The highest BCUT2D eigenvalue weighted by atomic mass is 32.1. The number of amidine groups is 1. The van der Waals surface area contributed by atoms with Crippen LogP contribution in [0.3, 0.4) is 0 Å². The Labute approximate surface area is 259 Å². The van der Waals surface area contributed by atoms with Gasteiger partial charge in [-0.2, -0.15) is 10.1 Å². The van der Waals surface area contributed by atoms with Gasteiger partial charge in [-0.25, -0.2) is 4.99 Å². The van der Waals surface area contributed by atoms with E-state index < -0.39 is 6.36 Å². The van der Waals surface area contributed by atoms with Gasteiger partial charge in [0.15, 0.2) is 5.11 Å². The van der Waals surface area contributed by atoms with E-state index in [2.05, 4.69) is 55.8 Å². The van der Waals surface area contributed by atoms with Gasteiger partial charge in [0.25, 0.3) is 0 Å². The molecule has 4 rings (SSSR count). The molecule has 0 aliphatic carbocycles. The van der Waals surface area contributed by atoms with Crippen LogP contribution in [0.2, 0.25) is 0 Å². The number of hydrazone groups is 1. The number of hydrogen-bond acceptors (Lipinski definition) is 5. The van der Waals surface area contributed by atoms with E-state index >= 15 is 0 Å². The topological polar surface area (TPSA) is 118 Å². The van der Waals surface area contributed by atoms with Crippen LogP contribution >= 0.6 is 12.2 Å². The molecule has 44 heavy (non-hydrogen) atoms. The smallest absolute Gasteiger partial charge is 0.406 e. The van der Waals surface area contributed by atoms with Crippen LogP contribution < -0.4 is 26.5 Å². The van der Waals surface area contributed by atoms with Gasteiger partial charge < -0.3 is 25.8 Å². The summed E-state index contributed by atoms with van der Waals surface area (Å²) in [5, 5.41) is 10.8. The zero-order valence-corrected chi connectivity index (χ0v) is 25.1. The number of guanidine groups is 1. The lowest BCUT2D eigenvalue weighted by molar-refractivity contribution is -0.274. The first kappa shape index (κ1) is 32.4. The predicted octanol–water partition coefficient (Wildman–Crippen LogP) is 6.38. The van der Waals surface area contributed by atoms with Gasteiger partial charge in [0.05, 0.1) is 18.9 Å². The molecule has 0 amide bonds. The Morgan fingerprint density at radius 3 is 2.45 bits per heavy atom. The second kappa shape index (κ2) is 15.3. The Hall–Kier alpha value is -4.49. The van der Waals surface area contributed by atoms with Gasteiger partial charge in [0.1, 0.15) is 11.6 Å². The van der Waals surface area contributed by atoms with E-state index in [4.69, 9.17) is 22.7 Å². The number of para-hydroxylation sites is 1. The normalized spacial score (nSPS) is 15.9. The number of aliphatic imine (C=N–C) groups is 2. The molecule has 9 nitrogen and oxygen atoms in total. The third-order valence-electron chi connectivity index (χ3n) is 6.46. The Kier molecular flexibility index (Phi) is 11.3. The third-order valence-corrected chi connectivity index (χ3v) is 6.65. The van der Waals surface area contributed by atoms with Gasteiger partial charge in [-0.15, -0.1) is 13.2 Å². The number of anilines is 2. The molecule has 1 unspecified atom stereocenters. The molecule has 232 valence electrons. The summed E-state index contributed by atoms with van der Waals surface area (Å²) < 4.78 is 47.1. The van der Waals surface area contributed by atoms with Crippen molar-refractivity contribution in [2.24, 2.45) is 20.8 Å². The fourth-order valence-electron chi connectivity index (χ4n) is 4.30. The lowest BCUT2D eigenvalue weighted by atomic mass is 10.0. The maximum atomic E-state index is 12.5. The van der Waals surface area contributed by atoms with Crippen LogP contribution in [0.4, 0.5) is 24.5 Å². The van der Waals surface area contributed by atoms with Crippen molar-refractivity contribution in [1.82, 2.24) is 5.43 Å². The van der Waals surface area contributed by atoms with Crippen molar-refractivity contribution < 1.29 is 22.6 Å². The molecule has 1 aliphatic rings. The number of nitrogens with two attached hydrogens (primary N) is 1. The summed E-state index contributed by atoms with van der Waals surface area (Å²) >= 11 is 5.38. The first-order chi connectivity index (χ1) is 21.1. The van der Waals surface area contributed by atoms with Crippen LogP contribution in [0, 0.1) is 0 Å². The molecule has 1 fully saturated rings. The minimum absolute atomic E-state index is 0.0361. The number of halogens is 3. The summed E-state index contributed by atoms with van der Waals surface area (Å²) in [5.41, 5.74) is 13.1. The lowest BCUT2D eigenvalue weighted by Crippen LogP contribution is -2.24. The van der Waals surface area contributed by atoms with Crippen LogP contribution in [0.15, 0.2) is 87.9 Å². The summed E-state index contributed by atoms with van der Waals surface area (Å²) in [6.45, 7) is 5.26. The molecule has 1 saturated heterocycles. The number of hydrogen-bond donors (Lipinski definition) is 4. The number of nitrogens with one attached hydrogen (secondary N) is 3. The Morgan fingerprint density at radius 2 is 1.80 bits per heavy atom. The molecule has 3 aromatic carbocycles. The highest BCUT2D eigenvalue weighted by Crippen LogP contribution is 2.25. The summed E-state index contributed by atoms with van der Waals surface area (Å²) in [6.07, 6.45) is -1.35. The van der Waals surface area contributed by atoms with Gasteiger partial charge >= 0.3 is 6.36 Å². The number of benzene rings is 3. The summed E-state index contributed by atoms with van der Waals surface area (Å²) in [7, 11) is 0. The molecule has 1 atom stereocenters. The van der Waals surface area contributed by atoms with Gasteiger partial charge in [0, 0.05) is 23.5 Å². The van der Waals surface area contributed by atoms with Crippen molar-refractivity contribution in [2.75, 3.05) is 23.8 Å². The maximum Gasteiger partial charge on any atom is 0.573 e. The zero-order chi connectivity index (χ0) is 31.5. The van der Waals surface area contributed by atoms with E-state index in [1.807, 2.05) is 30.3 Å². The Morgan fingerprint density at radius 1 is 1.07 bits per heavy atom. The van der Waals surface area contributed by atoms with Crippen LogP contribution in [0.5, 0.6) is 5.75 Å². The average Bonchev–Trinajstić information content (AvgIpc) is 3.50. The minimum atomic E-state index is -4.77. The predicted molar refractivity (Wildman–Crippen MR) is 173 cm³/mol. The van der Waals surface area contributed by atoms with Crippen molar-refractivity contribution in [3.05, 3.63) is 89.5 Å². The van der Waals surface area contributed by atoms with Crippen molar-refractivity contribution in [3.63, 3.8) is 0 Å². The molecule has 0 aromatic heterocycles. The van der Waals surface area contributed by atoms with Gasteiger partial charge in [0.2, 0.25) is 5.96 Å². The molecule has 5 N–H and O–H groups in total. The second-order valence-corrected chi connectivity index (χ2v) is 10.6. The molecule has 0 saturated carbocycles. The van der Waals surface area contributed by atoms with E-state index in [0.717, 1.165) is 29.7 Å². The molecular weight excluding hydrogens is 591 g/mol. The van der Waals surface area contributed by atoms with E-state index in [0.29, 0.717) is 35.4 Å². The molecule has 0 bridgehead atoms. The van der Waals surface area contributed by atoms with E-state index in [9.17, 15) is 13.2 Å². The van der Waals surface area contributed by atoms with E-state index in [1.54, 1.807) is 18.3 Å². The van der Waals surface area contributed by atoms with E-state index in [1.165, 1.54) is 24.3 Å². The summed E-state index contributed by atoms with van der Waals surface area (Å²) in [4.78, 5) is 8.98. The van der Waals surface area contributed by atoms with Crippen LogP contribution in [0.1, 0.15) is 49.3 Å². The van der Waals surface area contributed by atoms with Crippen molar-refractivity contribution >= 4 is 46.7 Å². The molecule has 0 spiro atoms.